The Kier molecular flexibility index (Phi) is 4.73. The van der Waals surface area contributed by atoms with Crippen LogP contribution in [0.4, 0.5) is 8.78 Å². The Hall–Kier alpha value is -2.05. The summed E-state index contributed by atoms with van der Waals surface area (Å²) in [4.78, 5) is -0.535. The second-order valence-corrected chi connectivity index (χ2v) is 6.62. The van der Waals surface area contributed by atoms with Gasteiger partial charge in [0.2, 0.25) is 9.84 Å². The zero-order chi connectivity index (χ0) is 16.2. The molecule has 0 aromatic heterocycles. The molecule has 0 radical (unpaired) electrons. The molecule has 0 fully saturated rings. The van der Waals surface area contributed by atoms with Crippen LogP contribution in [-0.4, -0.2) is 24.9 Å². The average molecular weight is 324 g/mol. The fraction of sp³-hybridized carbons (Fsp3) is 0.125. The van der Waals surface area contributed by atoms with Gasteiger partial charge in [-0.25, -0.2) is 8.42 Å². The van der Waals surface area contributed by atoms with Gasteiger partial charge in [0.25, 0.3) is 0 Å². The Morgan fingerprint density at radius 1 is 0.955 bits per heavy atom. The number of hydrogen-bond donors (Lipinski definition) is 1. The third-order valence-electron chi connectivity index (χ3n) is 3.03. The molecule has 2 aromatic carbocycles. The van der Waals surface area contributed by atoms with Gasteiger partial charge in [0.1, 0.15) is 0 Å². The second-order valence-electron chi connectivity index (χ2n) is 4.59. The number of alkyl halides is 2. The normalized spacial score (nSPS) is 14.1. The van der Waals surface area contributed by atoms with Crippen LogP contribution in [0.1, 0.15) is 5.56 Å². The summed E-state index contributed by atoms with van der Waals surface area (Å²) in [5, 5.41) is 5.30. The number of hydrogen-bond acceptors (Lipinski definition) is 3. The molecule has 0 aliphatic heterocycles. The summed E-state index contributed by atoms with van der Waals surface area (Å²) in [6.07, 6.45) is -0.424. The highest BCUT2D eigenvalue weighted by Crippen LogP contribution is 2.33. The minimum atomic E-state index is -4.98. The van der Waals surface area contributed by atoms with Gasteiger partial charge < -0.3 is 5.11 Å². The smallest absolute Gasteiger partial charge is 0.378 e. The predicted octanol–water partition coefficient (Wildman–Crippen LogP) is 3.13. The lowest BCUT2D eigenvalue weighted by Crippen LogP contribution is -2.40. The first-order valence-corrected chi connectivity index (χ1v) is 7.93. The highest BCUT2D eigenvalue weighted by atomic mass is 32.2. The van der Waals surface area contributed by atoms with Gasteiger partial charge in [-0.05, 0) is 23.8 Å². The average Bonchev–Trinajstić information content (AvgIpc) is 2.54. The van der Waals surface area contributed by atoms with E-state index in [0.29, 0.717) is 5.56 Å². The van der Waals surface area contributed by atoms with Crippen molar-refractivity contribution in [2.45, 2.75) is 16.3 Å². The quantitative estimate of drug-likeness (QED) is 0.919. The SMILES string of the molecule is O=S(=O)(c1ccccc1)C(F)(F)C(O)/C=C/c1ccccc1. The molecule has 0 aliphatic rings. The zero-order valence-corrected chi connectivity index (χ0v) is 12.2. The lowest BCUT2D eigenvalue weighted by atomic mass is 10.2. The highest BCUT2D eigenvalue weighted by molar-refractivity contribution is 7.92. The van der Waals surface area contributed by atoms with Crippen LogP contribution in [-0.2, 0) is 9.84 Å². The number of aliphatic hydroxyl groups is 1. The van der Waals surface area contributed by atoms with Crippen LogP contribution >= 0.6 is 0 Å². The van der Waals surface area contributed by atoms with Crippen molar-refractivity contribution in [1.29, 1.82) is 0 Å². The number of benzene rings is 2. The van der Waals surface area contributed by atoms with Crippen molar-refractivity contribution in [2.24, 2.45) is 0 Å². The van der Waals surface area contributed by atoms with Crippen molar-refractivity contribution in [3.63, 3.8) is 0 Å². The van der Waals surface area contributed by atoms with Gasteiger partial charge >= 0.3 is 5.25 Å². The van der Waals surface area contributed by atoms with E-state index in [9.17, 15) is 22.3 Å². The van der Waals surface area contributed by atoms with Gasteiger partial charge in [-0.1, -0.05) is 54.6 Å². The molecular weight excluding hydrogens is 310 g/mol. The Morgan fingerprint density at radius 2 is 1.45 bits per heavy atom. The number of rotatable bonds is 5. The molecule has 0 heterocycles. The minimum absolute atomic E-state index is 0.535. The lowest BCUT2D eigenvalue weighted by molar-refractivity contribution is -0.0153. The van der Waals surface area contributed by atoms with Crippen molar-refractivity contribution < 1.29 is 22.3 Å². The largest absolute Gasteiger partial charge is 0.381 e. The molecule has 6 heteroatoms. The van der Waals surface area contributed by atoms with Gasteiger partial charge in [-0.15, -0.1) is 0 Å². The second kappa shape index (κ2) is 6.37. The number of sulfone groups is 1. The summed E-state index contributed by atoms with van der Waals surface area (Å²) in [7, 11) is -4.98. The first-order valence-electron chi connectivity index (χ1n) is 6.44. The van der Waals surface area contributed by atoms with E-state index in [4.69, 9.17) is 0 Å². The summed E-state index contributed by atoms with van der Waals surface area (Å²) in [6, 6.07) is 14.8. The maximum Gasteiger partial charge on any atom is 0.378 e. The van der Waals surface area contributed by atoms with E-state index >= 15 is 0 Å². The van der Waals surface area contributed by atoms with Crippen LogP contribution in [0.15, 0.2) is 71.6 Å². The molecule has 0 saturated carbocycles. The Morgan fingerprint density at radius 3 is 2.00 bits per heavy atom. The van der Waals surface area contributed by atoms with Crippen LogP contribution in [0, 0.1) is 0 Å². The first kappa shape index (κ1) is 16.3. The maximum absolute atomic E-state index is 14.1. The molecule has 1 unspecified atom stereocenters. The monoisotopic (exact) mass is 324 g/mol. The van der Waals surface area contributed by atoms with E-state index in [2.05, 4.69) is 0 Å². The van der Waals surface area contributed by atoms with E-state index in [1.165, 1.54) is 24.3 Å². The van der Waals surface area contributed by atoms with E-state index in [1.54, 1.807) is 30.3 Å². The standard InChI is InChI=1S/C16H14F2O3S/c17-16(18,22(20,21)14-9-5-2-6-10-14)15(19)12-11-13-7-3-1-4-8-13/h1-12,15,19H/b12-11+. The summed E-state index contributed by atoms with van der Waals surface area (Å²) >= 11 is 0. The van der Waals surface area contributed by atoms with Gasteiger partial charge in [-0.3, -0.25) is 0 Å². The van der Waals surface area contributed by atoms with E-state index < -0.39 is 26.1 Å². The molecule has 116 valence electrons. The predicted molar refractivity (Wildman–Crippen MR) is 80.1 cm³/mol. The first-order chi connectivity index (χ1) is 10.4. The summed E-state index contributed by atoms with van der Waals surface area (Å²) in [5.41, 5.74) is 0.578. The Bertz CT molecular complexity index is 741. The van der Waals surface area contributed by atoms with Crippen LogP contribution in [0.5, 0.6) is 0 Å². The van der Waals surface area contributed by atoms with Crippen LogP contribution in [0.3, 0.4) is 0 Å². The van der Waals surface area contributed by atoms with Crippen LogP contribution in [0.2, 0.25) is 0 Å². The molecule has 3 nitrogen and oxygen atoms in total. The highest BCUT2D eigenvalue weighted by Gasteiger charge is 2.51. The van der Waals surface area contributed by atoms with Crippen LogP contribution < -0.4 is 0 Å². The molecular formula is C16H14F2O3S. The van der Waals surface area contributed by atoms with E-state index in [-0.39, 0.29) is 0 Å². The molecule has 0 spiro atoms. The fourth-order valence-electron chi connectivity index (χ4n) is 1.79. The van der Waals surface area contributed by atoms with E-state index in [0.717, 1.165) is 18.2 Å². The molecule has 2 aromatic rings. The topological polar surface area (TPSA) is 54.4 Å². The minimum Gasteiger partial charge on any atom is -0.381 e. The molecule has 0 bridgehead atoms. The van der Waals surface area contributed by atoms with Crippen LogP contribution in [0.25, 0.3) is 6.08 Å². The molecule has 1 atom stereocenters. The van der Waals surface area contributed by atoms with Crippen molar-refractivity contribution >= 4 is 15.9 Å². The lowest BCUT2D eigenvalue weighted by Gasteiger charge is -2.20. The van der Waals surface area contributed by atoms with Gasteiger partial charge in [0, 0.05) is 0 Å². The van der Waals surface area contributed by atoms with Crippen molar-refractivity contribution in [3.05, 3.63) is 72.3 Å². The van der Waals surface area contributed by atoms with Crippen molar-refractivity contribution in [2.75, 3.05) is 0 Å². The van der Waals surface area contributed by atoms with Crippen molar-refractivity contribution in [1.82, 2.24) is 0 Å². The Labute approximate surface area is 127 Å². The van der Waals surface area contributed by atoms with Gasteiger partial charge in [-0.2, -0.15) is 8.78 Å². The Balaban J connectivity index is 2.28. The fourth-order valence-corrected chi connectivity index (χ4v) is 3.02. The summed E-state index contributed by atoms with van der Waals surface area (Å²) < 4.78 is 52.1. The van der Waals surface area contributed by atoms with Gasteiger partial charge in [0.15, 0.2) is 6.10 Å². The maximum atomic E-state index is 14.1. The van der Waals surface area contributed by atoms with Crippen molar-refractivity contribution in [3.8, 4) is 0 Å². The zero-order valence-electron chi connectivity index (χ0n) is 11.4. The third-order valence-corrected chi connectivity index (χ3v) is 4.88. The molecule has 22 heavy (non-hydrogen) atoms. The molecule has 2 rings (SSSR count). The summed E-state index contributed by atoms with van der Waals surface area (Å²) in [6.45, 7) is 0. The molecule has 1 N–H and O–H groups in total. The number of halogens is 2. The molecule has 0 amide bonds. The number of aliphatic hydroxyl groups excluding tert-OH is 1. The molecule has 0 aliphatic carbocycles. The van der Waals surface area contributed by atoms with E-state index in [1.807, 2.05) is 0 Å². The van der Waals surface area contributed by atoms with Gasteiger partial charge in [0.05, 0.1) is 4.90 Å². The summed E-state index contributed by atoms with van der Waals surface area (Å²) in [5.74, 6) is 0. The third kappa shape index (κ3) is 3.23. The molecule has 0 saturated heterocycles.